The SMILES string of the molecule is CCCNC(=O)[C@@H](CC)N(Cc1ccc(C)cc1)C(=O)CN(c1ccc(Cl)cc1)S(=O)(=O)c1ccccc1. The van der Waals surface area contributed by atoms with Crippen LogP contribution in [0.2, 0.25) is 5.02 Å². The van der Waals surface area contributed by atoms with Crippen molar-refractivity contribution in [3.05, 3.63) is 95.0 Å². The average Bonchev–Trinajstić information content (AvgIpc) is 2.92. The van der Waals surface area contributed by atoms with E-state index in [-0.39, 0.29) is 17.3 Å². The number of nitrogens with one attached hydrogen (secondary N) is 1. The Labute approximate surface area is 230 Å². The van der Waals surface area contributed by atoms with E-state index < -0.39 is 28.5 Å². The Balaban J connectivity index is 2.02. The molecule has 2 amide bonds. The van der Waals surface area contributed by atoms with Crippen LogP contribution in [-0.2, 0) is 26.2 Å². The standard InChI is InChI=1S/C29H34ClN3O4S/c1-4-19-31-29(35)27(5-2)32(20-23-13-11-22(3)12-14-23)28(34)21-33(25-17-15-24(30)16-18-25)38(36,37)26-9-7-6-8-10-26/h6-18,27H,4-5,19-21H2,1-3H3,(H,31,35)/t27-/m1/s1. The van der Waals surface area contributed by atoms with Crippen molar-refractivity contribution in [3.63, 3.8) is 0 Å². The van der Waals surface area contributed by atoms with Crippen molar-refractivity contribution in [2.24, 2.45) is 0 Å². The summed E-state index contributed by atoms with van der Waals surface area (Å²) in [6, 6.07) is 21.2. The van der Waals surface area contributed by atoms with Gasteiger partial charge in [0, 0.05) is 18.1 Å². The van der Waals surface area contributed by atoms with E-state index in [1.807, 2.05) is 45.0 Å². The fourth-order valence-corrected chi connectivity index (χ4v) is 5.59. The zero-order valence-electron chi connectivity index (χ0n) is 21.9. The third-order valence-electron chi connectivity index (χ3n) is 6.13. The second-order valence-corrected chi connectivity index (χ2v) is 11.3. The van der Waals surface area contributed by atoms with Gasteiger partial charge in [-0.05, 0) is 61.7 Å². The molecule has 38 heavy (non-hydrogen) atoms. The van der Waals surface area contributed by atoms with Crippen molar-refractivity contribution in [3.8, 4) is 0 Å². The molecule has 3 aromatic carbocycles. The van der Waals surface area contributed by atoms with Gasteiger partial charge in [-0.15, -0.1) is 0 Å². The lowest BCUT2D eigenvalue weighted by molar-refractivity contribution is -0.140. The maximum absolute atomic E-state index is 13.9. The summed E-state index contributed by atoms with van der Waals surface area (Å²) in [4.78, 5) is 28.5. The summed E-state index contributed by atoms with van der Waals surface area (Å²) < 4.78 is 28.5. The van der Waals surface area contributed by atoms with Gasteiger partial charge in [0.2, 0.25) is 11.8 Å². The minimum atomic E-state index is -4.10. The summed E-state index contributed by atoms with van der Waals surface area (Å²) in [7, 11) is -4.10. The molecule has 0 saturated carbocycles. The van der Waals surface area contributed by atoms with E-state index in [1.54, 1.807) is 42.5 Å². The lowest BCUT2D eigenvalue weighted by Crippen LogP contribution is -2.52. The minimum Gasteiger partial charge on any atom is -0.354 e. The first-order chi connectivity index (χ1) is 18.2. The third-order valence-corrected chi connectivity index (χ3v) is 8.17. The summed E-state index contributed by atoms with van der Waals surface area (Å²) in [5.41, 5.74) is 2.21. The second-order valence-electron chi connectivity index (χ2n) is 9.02. The fourth-order valence-electron chi connectivity index (χ4n) is 4.03. The molecular weight excluding hydrogens is 522 g/mol. The molecule has 0 fully saturated rings. The average molecular weight is 556 g/mol. The van der Waals surface area contributed by atoms with Gasteiger partial charge in [0.25, 0.3) is 10.0 Å². The van der Waals surface area contributed by atoms with E-state index in [1.165, 1.54) is 17.0 Å². The third kappa shape index (κ3) is 7.36. The molecule has 0 radical (unpaired) electrons. The molecular formula is C29H34ClN3O4S. The number of amides is 2. The van der Waals surface area contributed by atoms with E-state index >= 15 is 0 Å². The summed E-state index contributed by atoms with van der Waals surface area (Å²) in [5.74, 6) is -0.752. The van der Waals surface area contributed by atoms with Crippen molar-refractivity contribution < 1.29 is 18.0 Å². The van der Waals surface area contributed by atoms with Crippen LogP contribution in [0.3, 0.4) is 0 Å². The van der Waals surface area contributed by atoms with Crippen molar-refractivity contribution in [2.45, 2.75) is 51.1 Å². The molecule has 9 heteroatoms. The molecule has 0 aliphatic rings. The Morgan fingerprint density at radius 1 is 0.921 bits per heavy atom. The highest BCUT2D eigenvalue weighted by molar-refractivity contribution is 7.92. The predicted octanol–water partition coefficient (Wildman–Crippen LogP) is 5.18. The van der Waals surface area contributed by atoms with E-state index in [0.29, 0.717) is 23.7 Å². The smallest absolute Gasteiger partial charge is 0.264 e. The maximum Gasteiger partial charge on any atom is 0.264 e. The van der Waals surface area contributed by atoms with Gasteiger partial charge in [0.15, 0.2) is 0 Å². The number of carbonyl (C=O) groups is 2. The lowest BCUT2D eigenvalue weighted by Gasteiger charge is -2.33. The van der Waals surface area contributed by atoms with Crippen LogP contribution in [0.15, 0.2) is 83.8 Å². The number of hydrogen-bond acceptors (Lipinski definition) is 4. The minimum absolute atomic E-state index is 0.0561. The van der Waals surface area contributed by atoms with Crippen LogP contribution < -0.4 is 9.62 Å². The Kier molecular flexibility index (Phi) is 10.3. The molecule has 0 aliphatic heterocycles. The Morgan fingerprint density at radius 2 is 1.55 bits per heavy atom. The van der Waals surface area contributed by atoms with Crippen LogP contribution >= 0.6 is 11.6 Å². The van der Waals surface area contributed by atoms with Crippen LogP contribution in [0.1, 0.15) is 37.8 Å². The predicted molar refractivity (Wildman–Crippen MR) is 152 cm³/mol. The largest absolute Gasteiger partial charge is 0.354 e. The van der Waals surface area contributed by atoms with Crippen molar-refractivity contribution in [1.82, 2.24) is 10.2 Å². The highest BCUT2D eigenvalue weighted by Crippen LogP contribution is 2.26. The molecule has 1 N–H and O–H groups in total. The van der Waals surface area contributed by atoms with Crippen LogP contribution in [0.4, 0.5) is 5.69 Å². The number of nitrogens with zero attached hydrogens (tertiary/aromatic N) is 2. The first-order valence-electron chi connectivity index (χ1n) is 12.6. The van der Waals surface area contributed by atoms with Gasteiger partial charge in [-0.1, -0.05) is 73.5 Å². The molecule has 0 unspecified atom stereocenters. The van der Waals surface area contributed by atoms with Gasteiger partial charge >= 0.3 is 0 Å². The lowest BCUT2D eigenvalue weighted by atomic mass is 10.1. The quantitative estimate of drug-likeness (QED) is 0.334. The molecule has 0 aromatic heterocycles. The first-order valence-corrected chi connectivity index (χ1v) is 14.4. The van der Waals surface area contributed by atoms with Gasteiger partial charge < -0.3 is 10.2 Å². The summed E-state index contributed by atoms with van der Waals surface area (Å²) in [5, 5.41) is 3.32. The second kappa shape index (κ2) is 13.4. The van der Waals surface area contributed by atoms with Gasteiger partial charge in [0.1, 0.15) is 12.6 Å². The van der Waals surface area contributed by atoms with Crippen molar-refractivity contribution in [1.29, 1.82) is 0 Å². The Hall–Kier alpha value is -3.36. The topological polar surface area (TPSA) is 86.8 Å². The molecule has 1 atom stereocenters. The molecule has 3 rings (SSSR count). The van der Waals surface area contributed by atoms with Gasteiger partial charge in [-0.3, -0.25) is 13.9 Å². The fraction of sp³-hybridized carbons (Fsp3) is 0.310. The molecule has 0 bridgehead atoms. The number of anilines is 1. The normalized spacial score (nSPS) is 12.0. The molecule has 0 spiro atoms. The number of halogens is 1. The van der Waals surface area contributed by atoms with Gasteiger partial charge in [0.05, 0.1) is 10.6 Å². The van der Waals surface area contributed by atoms with Gasteiger partial charge in [-0.2, -0.15) is 0 Å². The number of rotatable bonds is 12. The van der Waals surface area contributed by atoms with E-state index in [4.69, 9.17) is 11.6 Å². The van der Waals surface area contributed by atoms with E-state index in [0.717, 1.165) is 21.9 Å². The summed E-state index contributed by atoms with van der Waals surface area (Å²) >= 11 is 6.05. The summed E-state index contributed by atoms with van der Waals surface area (Å²) in [6.07, 6.45) is 1.13. The van der Waals surface area contributed by atoms with E-state index in [9.17, 15) is 18.0 Å². The number of hydrogen-bond donors (Lipinski definition) is 1. The molecule has 7 nitrogen and oxygen atoms in total. The zero-order chi connectivity index (χ0) is 27.7. The maximum atomic E-state index is 13.9. The molecule has 3 aromatic rings. The highest BCUT2D eigenvalue weighted by atomic mass is 35.5. The highest BCUT2D eigenvalue weighted by Gasteiger charge is 2.33. The van der Waals surface area contributed by atoms with Crippen LogP contribution in [0, 0.1) is 6.92 Å². The number of aryl methyl sites for hydroxylation is 1. The zero-order valence-corrected chi connectivity index (χ0v) is 23.5. The Morgan fingerprint density at radius 3 is 2.13 bits per heavy atom. The van der Waals surface area contributed by atoms with Gasteiger partial charge in [-0.25, -0.2) is 8.42 Å². The Bertz CT molecular complexity index is 1310. The monoisotopic (exact) mass is 555 g/mol. The summed E-state index contributed by atoms with van der Waals surface area (Å²) in [6.45, 7) is 5.93. The van der Waals surface area contributed by atoms with E-state index in [2.05, 4.69) is 5.32 Å². The van der Waals surface area contributed by atoms with Crippen LogP contribution in [-0.4, -0.2) is 44.3 Å². The molecule has 202 valence electrons. The number of benzene rings is 3. The van der Waals surface area contributed by atoms with Crippen LogP contribution in [0.5, 0.6) is 0 Å². The molecule has 0 aliphatic carbocycles. The molecule has 0 heterocycles. The van der Waals surface area contributed by atoms with Crippen molar-refractivity contribution in [2.75, 3.05) is 17.4 Å². The molecule has 0 saturated heterocycles. The first kappa shape index (κ1) is 29.2. The number of sulfonamides is 1. The number of carbonyl (C=O) groups excluding carboxylic acids is 2. The van der Waals surface area contributed by atoms with Crippen LogP contribution in [0.25, 0.3) is 0 Å². The van der Waals surface area contributed by atoms with Crippen molar-refractivity contribution >= 4 is 39.1 Å².